The first-order valence-electron chi connectivity index (χ1n) is 4.66. The maximum Gasteiger partial charge on any atom is 0.307 e. The Morgan fingerprint density at radius 1 is 1.62 bits per heavy atom. The van der Waals surface area contributed by atoms with Crippen LogP contribution in [0.25, 0.3) is 0 Å². The second-order valence-corrected chi connectivity index (χ2v) is 5.00. The molecule has 0 radical (unpaired) electrons. The summed E-state index contributed by atoms with van der Waals surface area (Å²) in [5, 5.41) is 8.63. The average Bonchev–Trinajstić information content (AvgIpc) is 2.16. The molecule has 0 amide bonds. The second kappa shape index (κ2) is 5.69. The van der Waals surface area contributed by atoms with Crippen LogP contribution < -0.4 is 0 Å². The maximum atomic E-state index is 12.8. The van der Waals surface area contributed by atoms with Gasteiger partial charge in [0.15, 0.2) is 0 Å². The molecular formula is C10H12FNO3S. The van der Waals surface area contributed by atoms with Crippen LogP contribution in [0.2, 0.25) is 0 Å². The zero-order valence-electron chi connectivity index (χ0n) is 8.72. The number of hydrogen-bond donors (Lipinski definition) is 1. The standard InChI is InChI=1S/C10H12FNO3S/c1-7(10(13)14)5-16(15)6-8-2-9(11)4-12-3-8/h2-4,7H,5-6H2,1H3,(H,13,14). The lowest BCUT2D eigenvalue weighted by Crippen LogP contribution is -2.18. The third-order valence-corrected chi connectivity index (χ3v) is 3.47. The summed E-state index contributed by atoms with van der Waals surface area (Å²) in [7, 11) is -1.32. The van der Waals surface area contributed by atoms with Crippen LogP contribution >= 0.6 is 0 Å². The Morgan fingerprint density at radius 2 is 2.31 bits per heavy atom. The Balaban J connectivity index is 2.55. The highest BCUT2D eigenvalue weighted by Crippen LogP contribution is 2.07. The largest absolute Gasteiger partial charge is 0.481 e. The molecule has 1 heterocycles. The molecule has 0 aliphatic rings. The van der Waals surface area contributed by atoms with Crippen LogP contribution in [0.4, 0.5) is 4.39 Å². The van der Waals surface area contributed by atoms with E-state index in [1.165, 1.54) is 19.2 Å². The van der Waals surface area contributed by atoms with Gasteiger partial charge in [0.2, 0.25) is 0 Å². The summed E-state index contributed by atoms with van der Waals surface area (Å²) in [6.07, 6.45) is 2.48. The van der Waals surface area contributed by atoms with Gasteiger partial charge in [-0.3, -0.25) is 14.0 Å². The van der Waals surface area contributed by atoms with Gasteiger partial charge < -0.3 is 5.11 Å². The first kappa shape index (κ1) is 12.8. The first-order valence-corrected chi connectivity index (χ1v) is 6.15. The number of aromatic nitrogens is 1. The molecule has 1 N–H and O–H groups in total. The average molecular weight is 245 g/mol. The zero-order chi connectivity index (χ0) is 12.1. The van der Waals surface area contributed by atoms with Gasteiger partial charge in [-0.1, -0.05) is 6.92 Å². The molecular weight excluding hydrogens is 233 g/mol. The molecule has 0 fully saturated rings. The zero-order valence-corrected chi connectivity index (χ0v) is 9.54. The molecule has 0 bridgehead atoms. The molecule has 4 nitrogen and oxygen atoms in total. The molecule has 2 atom stereocenters. The monoisotopic (exact) mass is 245 g/mol. The molecule has 0 aliphatic heterocycles. The fourth-order valence-electron chi connectivity index (χ4n) is 1.13. The van der Waals surface area contributed by atoms with E-state index in [2.05, 4.69) is 4.98 Å². The van der Waals surface area contributed by atoms with E-state index in [9.17, 15) is 13.4 Å². The summed E-state index contributed by atoms with van der Waals surface area (Å²) >= 11 is 0. The van der Waals surface area contributed by atoms with Gasteiger partial charge in [-0.15, -0.1) is 0 Å². The van der Waals surface area contributed by atoms with E-state index in [1.54, 1.807) is 0 Å². The van der Waals surface area contributed by atoms with Gasteiger partial charge in [0.1, 0.15) is 5.82 Å². The van der Waals surface area contributed by atoms with Crippen molar-refractivity contribution >= 4 is 16.8 Å². The number of carbonyl (C=O) groups is 1. The van der Waals surface area contributed by atoms with Crippen LogP contribution in [0.3, 0.4) is 0 Å². The molecule has 0 aromatic carbocycles. The van der Waals surface area contributed by atoms with Crippen molar-refractivity contribution in [1.29, 1.82) is 0 Å². The number of rotatable bonds is 5. The van der Waals surface area contributed by atoms with Gasteiger partial charge in [-0.25, -0.2) is 4.39 Å². The number of nitrogens with zero attached hydrogens (tertiary/aromatic N) is 1. The maximum absolute atomic E-state index is 12.8. The van der Waals surface area contributed by atoms with Gasteiger partial charge >= 0.3 is 5.97 Å². The van der Waals surface area contributed by atoms with Crippen molar-refractivity contribution in [3.8, 4) is 0 Å². The molecule has 2 unspecified atom stereocenters. The predicted octanol–water partition coefficient (Wildman–Crippen LogP) is 1.19. The number of carboxylic acids is 1. The Bertz CT molecular complexity index is 411. The first-order chi connectivity index (χ1) is 7.49. The summed E-state index contributed by atoms with van der Waals surface area (Å²) < 4.78 is 24.3. The normalized spacial score (nSPS) is 14.4. The molecule has 1 aromatic rings. The van der Waals surface area contributed by atoms with Gasteiger partial charge in [0.05, 0.1) is 17.9 Å². The van der Waals surface area contributed by atoms with Crippen molar-refractivity contribution in [2.45, 2.75) is 12.7 Å². The smallest absolute Gasteiger partial charge is 0.307 e. The topological polar surface area (TPSA) is 67.3 Å². The summed E-state index contributed by atoms with van der Waals surface area (Å²) in [6.45, 7) is 1.49. The number of hydrogen-bond acceptors (Lipinski definition) is 3. The molecule has 0 saturated heterocycles. The number of aliphatic carboxylic acids is 1. The van der Waals surface area contributed by atoms with E-state index in [4.69, 9.17) is 5.11 Å². The van der Waals surface area contributed by atoms with E-state index in [-0.39, 0.29) is 11.5 Å². The Kier molecular flexibility index (Phi) is 4.54. The van der Waals surface area contributed by atoms with E-state index >= 15 is 0 Å². The molecule has 16 heavy (non-hydrogen) atoms. The number of halogens is 1. The fourth-order valence-corrected chi connectivity index (χ4v) is 2.48. The van der Waals surface area contributed by atoms with Crippen molar-refractivity contribution in [1.82, 2.24) is 4.98 Å². The highest BCUT2D eigenvalue weighted by Gasteiger charge is 2.15. The lowest BCUT2D eigenvalue weighted by Gasteiger charge is -2.05. The van der Waals surface area contributed by atoms with Crippen LogP contribution in [0.5, 0.6) is 0 Å². The predicted molar refractivity (Wildman–Crippen MR) is 57.7 cm³/mol. The van der Waals surface area contributed by atoms with Crippen molar-refractivity contribution in [2.24, 2.45) is 5.92 Å². The molecule has 6 heteroatoms. The van der Waals surface area contributed by atoms with Gasteiger partial charge in [-0.2, -0.15) is 0 Å². The third kappa shape index (κ3) is 4.06. The lowest BCUT2D eigenvalue weighted by molar-refractivity contribution is -0.140. The van der Waals surface area contributed by atoms with Crippen LogP contribution in [0.1, 0.15) is 12.5 Å². The minimum Gasteiger partial charge on any atom is -0.481 e. The van der Waals surface area contributed by atoms with Crippen molar-refractivity contribution in [3.05, 3.63) is 29.8 Å². The van der Waals surface area contributed by atoms with Crippen LogP contribution in [0.15, 0.2) is 18.5 Å². The Hall–Kier alpha value is -1.30. The van der Waals surface area contributed by atoms with Crippen LogP contribution in [-0.4, -0.2) is 26.0 Å². The van der Waals surface area contributed by atoms with Gasteiger partial charge in [-0.05, 0) is 11.6 Å². The van der Waals surface area contributed by atoms with Crippen molar-refractivity contribution in [2.75, 3.05) is 5.75 Å². The Morgan fingerprint density at radius 3 is 2.88 bits per heavy atom. The minimum absolute atomic E-state index is 0.0614. The molecule has 0 saturated carbocycles. The molecule has 0 aliphatic carbocycles. The van der Waals surface area contributed by atoms with Crippen LogP contribution in [-0.2, 0) is 21.3 Å². The van der Waals surface area contributed by atoms with Gasteiger partial charge in [0.25, 0.3) is 0 Å². The van der Waals surface area contributed by atoms with Crippen molar-refractivity contribution < 1.29 is 18.5 Å². The molecule has 0 spiro atoms. The SMILES string of the molecule is CC(CS(=O)Cc1cncc(F)c1)C(=O)O. The third-order valence-electron chi connectivity index (χ3n) is 1.95. The highest BCUT2D eigenvalue weighted by molar-refractivity contribution is 7.84. The van der Waals surface area contributed by atoms with E-state index < -0.39 is 28.5 Å². The Labute approximate surface area is 95.0 Å². The second-order valence-electron chi connectivity index (χ2n) is 3.50. The van der Waals surface area contributed by atoms with Crippen LogP contribution in [0, 0.1) is 11.7 Å². The molecule has 1 rings (SSSR count). The van der Waals surface area contributed by atoms with E-state index in [0.29, 0.717) is 5.56 Å². The molecule has 1 aromatic heterocycles. The summed E-state index contributed by atoms with van der Waals surface area (Å²) in [5.74, 6) is -1.94. The highest BCUT2D eigenvalue weighted by atomic mass is 32.2. The lowest BCUT2D eigenvalue weighted by atomic mass is 10.2. The number of carboxylic acid groups (broad SMARTS) is 1. The number of pyridine rings is 1. The van der Waals surface area contributed by atoms with Gasteiger partial charge in [0, 0.05) is 22.7 Å². The quantitative estimate of drug-likeness (QED) is 0.846. The van der Waals surface area contributed by atoms with E-state index in [1.807, 2.05) is 0 Å². The summed E-state index contributed by atoms with van der Waals surface area (Å²) in [5.41, 5.74) is 0.510. The minimum atomic E-state index is -1.32. The summed E-state index contributed by atoms with van der Waals surface area (Å²) in [4.78, 5) is 14.2. The van der Waals surface area contributed by atoms with E-state index in [0.717, 1.165) is 6.20 Å². The van der Waals surface area contributed by atoms with Crippen molar-refractivity contribution in [3.63, 3.8) is 0 Å². The fraction of sp³-hybridized carbons (Fsp3) is 0.400. The molecule has 88 valence electrons. The summed E-state index contributed by atoms with van der Waals surface area (Å²) in [6, 6.07) is 1.25.